The highest BCUT2D eigenvalue weighted by molar-refractivity contribution is 7.21. The number of hydrogen-bond acceptors (Lipinski definition) is 5. The van der Waals surface area contributed by atoms with Crippen molar-refractivity contribution in [3.8, 4) is 0 Å². The minimum absolute atomic E-state index is 0.00441. The van der Waals surface area contributed by atoms with Crippen molar-refractivity contribution in [2.75, 3.05) is 19.6 Å². The van der Waals surface area contributed by atoms with Gasteiger partial charge in [-0.05, 0) is 37.9 Å². The molecule has 1 aromatic heterocycles. The predicted octanol–water partition coefficient (Wildman–Crippen LogP) is 3.29. The minimum atomic E-state index is -0.444. The summed E-state index contributed by atoms with van der Waals surface area (Å²) in [5.74, 6) is 0.357. The van der Waals surface area contributed by atoms with Crippen molar-refractivity contribution in [1.82, 2.24) is 10.2 Å². The van der Waals surface area contributed by atoms with Crippen molar-refractivity contribution < 1.29 is 9.72 Å². The lowest BCUT2D eigenvalue weighted by atomic mass is 9.84. The molecule has 3 saturated heterocycles. The second-order valence-electron chi connectivity index (χ2n) is 6.40. The van der Waals surface area contributed by atoms with Crippen molar-refractivity contribution >= 4 is 44.6 Å². The number of nitrogens with zero attached hydrogens (tertiary/aromatic N) is 2. The Morgan fingerprint density at radius 3 is 2.75 bits per heavy atom. The van der Waals surface area contributed by atoms with Crippen LogP contribution in [0.3, 0.4) is 0 Å². The Morgan fingerprint density at radius 2 is 2.12 bits per heavy atom. The van der Waals surface area contributed by atoms with Crippen LogP contribution in [0.2, 0.25) is 5.02 Å². The number of fused-ring (bicyclic) bond motifs is 4. The first-order valence-electron chi connectivity index (χ1n) is 7.92. The molecule has 24 heavy (non-hydrogen) atoms. The van der Waals surface area contributed by atoms with E-state index in [9.17, 15) is 14.9 Å². The summed E-state index contributed by atoms with van der Waals surface area (Å²) < 4.78 is 0.660. The second-order valence-corrected chi connectivity index (χ2v) is 7.83. The highest BCUT2D eigenvalue weighted by Gasteiger charge is 2.35. The molecule has 1 aromatic carbocycles. The Bertz CT molecular complexity index is 829. The molecular weight excluding hydrogens is 350 g/mol. The fraction of sp³-hybridized carbons (Fsp3) is 0.438. The third-order valence-corrected chi connectivity index (χ3v) is 6.66. The molecule has 3 fully saturated rings. The van der Waals surface area contributed by atoms with Gasteiger partial charge in [0, 0.05) is 34.8 Å². The van der Waals surface area contributed by atoms with E-state index in [-0.39, 0.29) is 17.6 Å². The molecule has 1 amide bonds. The van der Waals surface area contributed by atoms with Gasteiger partial charge in [0.2, 0.25) is 0 Å². The van der Waals surface area contributed by atoms with Gasteiger partial charge >= 0.3 is 0 Å². The van der Waals surface area contributed by atoms with Gasteiger partial charge in [0.05, 0.1) is 9.95 Å². The molecule has 2 aromatic rings. The fourth-order valence-electron chi connectivity index (χ4n) is 3.68. The molecule has 0 radical (unpaired) electrons. The van der Waals surface area contributed by atoms with Crippen molar-refractivity contribution in [3.63, 3.8) is 0 Å². The van der Waals surface area contributed by atoms with Gasteiger partial charge in [0.1, 0.15) is 4.88 Å². The summed E-state index contributed by atoms with van der Waals surface area (Å²) in [5.41, 5.74) is 0.00441. The van der Waals surface area contributed by atoms with Crippen LogP contribution in [0.25, 0.3) is 10.1 Å². The lowest BCUT2D eigenvalue weighted by molar-refractivity contribution is -0.384. The third kappa shape index (κ3) is 2.66. The largest absolute Gasteiger partial charge is 0.347 e. The molecule has 8 heteroatoms. The van der Waals surface area contributed by atoms with Crippen LogP contribution in [-0.4, -0.2) is 41.4 Å². The monoisotopic (exact) mass is 365 g/mol. The van der Waals surface area contributed by atoms with Crippen LogP contribution < -0.4 is 5.32 Å². The number of halogens is 1. The summed E-state index contributed by atoms with van der Waals surface area (Å²) in [6.45, 7) is 3.12. The van der Waals surface area contributed by atoms with Gasteiger partial charge in [-0.2, -0.15) is 0 Å². The number of carbonyl (C=O) groups excluding carboxylic acids is 1. The fourth-order valence-corrected chi connectivity index (χ4v) is 5.13. The first-order valence-corrected chi connectivity index (χ1v) is 9.12. The molecule has 126 valence electrons. The van der Waals surface area contributed by atoms with Gasteiger partial charge in [-0.3, -0.25) is 14.9 Å². The third-order valence-electron chi connectivity index (χ3n) is 5.00. The Morgan fingerprint density at radius 1 is 1.38 bits per heavy atom. The summed E-state index contributed by atoms with van der Waals surface area (Å²) in [5, 5.41) is 15.1. The molecular formula is C16H16ClN3O3S. The molecule has 3 aliphatic rings. The van der Waals surface area contributed by atoms with Crippen LogP contribution >= 0.6 is 22.9 Å². The standard InChI is InChI=1S/C16H16ClN3O3S/c17-14-11-2-1-10(20(22)23)7-13(11)24-15(14)16(21)18-12-8-19-5-3-9(12)4-6-19/h1-2,7,9,12H,3-6,8H2,(H,18,21). The van der Waals surface area contributed by atoms with Crippen LogP contribution in [0.15, 0.2) is 18.2 Å². The van der Waals surface area contributed by atoms with Crippen LogP contribution in [0.4, 0.5) is 5.69 Å². The maximum Gasteiger partial charge on any atom is 0.270 e. The number of rotatable bonds is 3. The molecule has 3 aliphatic heterocycles. The average molecular weight is 366 g/mol. The molecule has 1 unspecified atom stereocenters. The van der Waals surface area contributed by atoms with Crippen molar-refractivity contribution in [2.45, 2.75) is 18.9 Å². The molecule has 6 nitrogen and oxygen atoms in total. The molecule has 1 atom stereocenters. The van der Waals surface area contributed by atoms with Gasteiger partial charge in [0.15, 0.2) is 0 Å². The lowest BCUT2D eigenvalue weighted by Gasteiger charge is -2.44. The SMILES string of the molecule is O=C(NC1CN2CCC1CC2)c1sc2cc([N+](=O)[O-])ccc2c1Cl. The van der Waals surface area contributed by atoms with Gasteiger partial charge in [-0.15, -0.1) is 11.3 Å². The highest BCUT2D eigenvalue weighted by atomic mass is 35.5. The molecule has 2 bridgehead atoms. The normalized spacial score (nSPS) is 25.8. The summed E-state index contributed by atoms with van der Waals surface area (Å²) >= 11 is 7.56. The van der Waals surface area contributed by atoms with Crippen molar-refractivity contribution in [2.24, 2.45) is 5.92 Å². The Hall–Kier alpha value is -1.70. The number of hydrogen-bond donors (Lipinski definition) is 1. The molecule has 0 saturated carbocycles. The van der Waals surface area contributed by atoms with Crippen LogP contribution in [0, 0.1) is 16.0 Å². The quantitative estimate of drug-likeness (QED) is 0.669. The van der Waals surface area contributed by atoms with E-state index in [2.05, 4.69) is 10.2 Å². The number of piperidine rings is 3. The smallest absolute Gasteiger partial charge is 0.270 e. The van der Waals surface area contributed by atoms with Crippen LogP contribution in [0.1, 0.15) is 22.5 Å². The van der Waals surface area contributed by atoms with E-state index in [4.69, 9.17) is 11.6 Å². The summed E-state index contributed by atoms with van der Waals surface area (Å²) in [7, 11) is 0. The van der Waals surface area contributed by atoms with Crippen molar-refractivity contribution in [1.29, 1.82) is 0 Å². The number of nitro benzene ring substituents is 1. The zero-order chi connectivity index (χ0) is 16.8. The van der Waals surface area contributed by atoms with Crippen LogP contribution in [-0.2, 0) is 0 Å². The number of thiophene rings is 1. The van der Waals surface area contributed by atoms with E-state index in [1.54, 1.807) is 6.07 Å². The maximum atomic E-state index is 12.7. The van der Waals surface area contributed by atoms with E-state index in [1.807, 2.05) is 0 Å². The highest BCUT2D eigenvalue weighted by Crippen LogP contribution is 2.37. The Balaban J connectivity index is 1.60. The molecule has 0 spiro atoms. The van der Waals surface area contributed by atoms with Gasteiger partial charge in [-0.1, -0.05) is 11.6 Å². The first-order chi connectivity index (χ1) is 11.5. The topological polar surface area (TPSA) is 75.5 Å². The summed E-state index contributed by atoms with van der Waals surface area (Å²) in [4.78, 5) is 25.9. The van der Waals surface area contributed by atoms with Gasteiger partial charge in [0.25, 0.3) is 11.6 Å². The maximum absolute atomic E-state index is 12.7. The van der Waals surface area contributed by atoms with Crippen molar-refractivity contribution in [3.05, 3.63) is 38.2 Å². The Labute approximate surface area is 147 Å². The Kier molecular flexibility index (Phi) is 3.94. The van der Waals surface area contributed by atoms with Crippen LogP contribution in [0.5, 0.6) is 0 Å². The number of nitrogens with one attached hydrogen (secondary N) is 1. The number of non-ortho nitro benzene ring substituents is 1. The van der Waals surface area contributed by atoms with E-state index < -0.39 is 4.92 Å². The number of benzene rings is 1. The zero-order valence-corrected chi connectivity index (χ0v) is 14.4. The number of nitro groups is 1. The van der Waals surface area contributed by atoms with E-state index in [0.29, 0.717) is 25.9 Å². The molecule has 4 heterocycles. The molecule has 5 rings (SSSR count). The van der Waals surface area contributed by atoms with E-state index in [1.165, 1.54) is 23.5 Å². The number of amides is 1. The van der Waals surface area contributed by atoms with Gasteiger partial charge < -0.3 is 10.2 Å². The lowest BCUT2D eigenvalue weighted by Crippen LogP contribution is -2.57. The predicted molar refractivity (Wildman–Crippen MR) is 93.9 cm³/mol. The first kappa shape index (κ1) is 15.8. The van der Waals surface area contributed by atoms with E-state index >= 15 is 0 Å². The minimum Gasteiger partial charge on any atom is -0.347 e. The summed E-state index contributed by atoms with van der Waals surface area (Å²) in [6.07, 6.45) is 2.24. The van der Waals surface area contributed by atoms with Gasteiger partial charge in [-0.25, -0.2) is 0 Å². The average Bonchev–Trinajstić information content (AvgIpc) is 2.92. The van der Waals surface area contributed by atoms with E-state index in [0.717, 1.165) is 32.5 Å². The summed E-state index contributed by atoms with van der Waals surface area (Å²) in [6, 6.07) is 4.65. The molecule has 0 aliphatic carbocycles. The zero-order valence-electron chi connectivity index (χ0n) is 12.8. The molecule has 1 N–H and O–H groups in total. The number of carbonyl (C=O) groups is 1. The second kappa shape index (κ2) is 5.98.